The van der Waals surface area contributed by atoms with E-state index in [-0.39, 0.29) is 29.2 Å². The summed E-state index contributed by atoms with van der Waals surface area (Å²) in [6.07, 6.45) is 12.9. The predicted octanol–water partition coefficient (Wildman–Crippen LogP) is 7.04. The van der Waals surface area contributed by atoms with Crippen molar-refractivity contribution in [3.63, 3.8) is 0 Å². The van der Waals surface area contributed by atoms with Gasteiger partial charge in [0.05, 0.1) is 42.3 Å². The van der Waals surface area contributed by atoms with Crippen LogP contribution in [0.5, 0.6) is 11.5 Å². The fraction of sp³-hybridized carbons (Fsp3) is 0.587. The molecule has 11 nitrogen and oxygen atoms in total. The van der Waals surface area contributed by atoms with Crippen LogP contribution < -0.4 is 24.8 Å². The Morgan fingerprint density at radius 1 is 1.03 bits per heavy atom. The van der Waals surface area contributed by atoms with Crippen LogP contribution in [0.4, 0.5) is 0 Å². The number of ether oxygens (including phenoxy) is 2. The molecule has 0 radical (unpaired) electrons. The first-order valence-electron chi connectivity index (χ1n) is 21.6. The maximum atomic E-state index is 15.2. The van der Waals surface area contributed by atoms with E-state index in [2.05, 4.69) is 41.8 Å². The van der Waals surface area contributed by atoms with Crippen LogP contribution in [0.3, 0.4) is 0 Å². The maximum Gasteiger partial charge on any atom is 0.254 e. The highest BCUT2D eigenvalue weighted by Crippen LogP contribution is 2.47. The van der Waals surface area contributed by atoms with Crippen LogP contribution in [0.15, 0.2) is 61.2 Å². The Kier molecular flexibility index (Phi) is 11.6. The molecule has 0 unspecified atom stereocenters. The Morgan fingerprint density at radius 2 is 1.79 bits per heavy atom. The van der Waals surface area contributed by atoms with Crippen LogP contribution in [-0.4, -0.2) is 79.4 Å². The molecular weight excluding hydrogens is 751 g/mol. The van der Waals surface area contributed by atoms with Gasteiger partial charge in [-0.05, 0) is 93.7 Å². The standard InChI is InChI=1S/C46H61N5O6S/c1-5-33-28-46(33,44(53)50-58(54,55)35-19-20-35)49-41-25-34-29-51(41)43(52)42(31-16-10-7-11-17-31)47-23-13-22-45(2,3)21-12-18-32-24-36-38(27-39(32)56-4)48-37(26-40(36)57-34)30-14-8-6-9-15-30/h5-6,8-9,14-15,24,26-27,31,33-35,41-42,47,49H,1,7,10-13,16-23,25,28-29H2,2-4H3,(H,50,53)/t33-,34-,41+,42+,46-/m1/s1. The van der Waals surface area contributed by atoms with Crippen molar-refractivity contribution in [3.05, 3.63) is 66.7 Å². The molecule has 1 saturated heterocycles. The van der Waals surface area contributed by atoms with Crippen LogP contribution >= 0.6 is 0 Å². The quantitative estimate of drug-likeness (QED) is 0.194. The highest BCUT2D eigenvalue weighted by molar-refractivity contribution is 7.91. The third-order valence-corrected chi connectivity index (χ3v) is 15.3. The number of aromatic nitrogens is 1. The summed E-state index contributed by atoms with van der Waals surface area (Å²) in [5.41, 5.74) is 2.50. The van der Waals surface area contributed by atoms with Crippen molar-refractivity contribution in [2.24, 2.45) is 17.3 Å². The Morgan fingerprint density at radius 3 is 2.50 bits per heavy atom. The molecule has 4 bridgehead atoms. The van der Waals surface area contributed by atoms with Crippen molar-refractivity contribution in [3.8, 4) is 22.8 Å². The number of methoxy groups -OCH3 is 1. The van der Waals surface area contributed by atoms with Crippen molar-refractivity contribution in [2.75, 3.05) is 20.2 Å². The molecule has 12 heteroatoms. The molecule has 3 N–H and O–H groups in total. The van der Waals surface area contributed by atoms with Crippen molar-refractivity contribution in [1.82, 2.24) is 25.2 Å². The molecule has 4 fully saturated rings. The van der Waals surface area contributed by atoms with Crippen molar-refractivity contribution in [2.45, 2.75) is 133 Å². The van der Waals surface area contributed by atoms with Crippen LogP contribution in [0, 0.1) is 17.3 Å². The first-order chi connectivity index (χ1) is 27.9. The fourth-order valence-corrected chi connectivity index (χ4v) is 11.2. The molecular formula is C46H61N5O6S. The summed E-state index contributed by atoms with van der Waals surface area (Å²) >= 11 is 0. The second kappa shape index (κ2) is 16.6. The second-order valence-corrected chi connectivity index (χ2v) is 20.3. The van der Waals surface area contributed by atoms with Gasteiger partial charge >= 0.3 is 0 Å². The molecule has 2 aliphatic heterocycles. The first-order valence-corrected chi connectivity index (χ1v) is 23.2. The van der Waals surface area contributed by atoms with E-state index in [1.165, 1.54) is 6.42 Å². The SMILES string of the molecule is C=C[C@@H]1C[C@]1(N[C@@H]1C[C@@H]2CN1C(=O)[C@H](C1CCCCC1)NCCCC(C)(C)CCCc1cc3c(cc(-c4ccccc4)nc3cc1OC)O2)C(=O)NS(=O)(=O)C1CC1. The summed E-state index contributed by atoms with van der Waals surface area (Å²) in [6, 6.07) is 15.8. The number of hydrogen-bond donors (Lipinski definition) is 3. The minimum Gasteiger partial charge on any atom is -0.496 e. The fourth-order valence-electron chi connectivity index (χ4n) is 9.80. The van der Waals surface area contributed by atoms with Crippen LogP contribution in [0.1, 0.15) is 103 Å². The number of pyridine rings is 1. The topological polar surface area (TPSA) is 139 Å². The molecule has 8 rings (SSSR count). The molecule has 5 aliphatic rings. The number of sulfonamides is 1. The van der Waals surface area contributed by atoms with Crippen LogP contribution in [-0.2, 0) is 26.0 Å². The molecule has 0 spiro atoms. The van der Waals surface area contributed by atoms with Gasteiger partial charge in [0.1, 0.15) is 23.1 Å². The summed E-state index contributed by atoms with van der Waals surface area (Å²) in [5, 5.41) is 7.68. The lowest BCUT2D eigenvalue weighted by atomic mass is 9.81. The zero-order valence-corrected chi connectivity index (χ0v) is 35.2. The molecule has 3 aromatic rings. The lowest BCUT2D eigenvalue weighted by Gasteiger charge is -2.36. The summed E-state index contributed by atoms with van der Waals surface area (Å²) in [5.74, 6) is 0.822. The molecule has 3 heterocycles. The number of amides is 2. The smallest absolute Gasteiger partial charge is 0.254 e. The van der Waals surface area contributed by atoms with Crippen molar-refractivity contribution < 1.29 is 27.5 Å². The summed E-state index contributed by atoms with van der Waals surface area (Å²) < 4.78 is 41.5. The Bertz CT molecular complexity index is 2120. The molecule has 2 aromatic carbocycles. The zero-order chi connectivity index (χ0) is 40.7. The average molecular weight is 812 g/mol. The maximum absolute atomic E-state index is 15.2. The molecule has 2 amide bonds. The number of carbonyl (C=O) groups excluding carboxylic acids is 2. The van der Waals surface area contributed by atoms with E-state index in [9.17, 15) is 13.2 Å². The Balaban J connectivity index is 1.19. The first kappa shape index (κ1) is 40.8. The second-order valence-electron chi connectivity index (χ2n) is 18.3. The van der Waals surface area contributed by atoms with Gasteiger partial charge in [0.15, 0.2) is 0 Å². The number of nitrogens with one attached hydrogen (secondary N) is 3. The molecule has 3 saturated carbocycles. The summed E-state index contributed by atoms with van der Waals surface area (Å²) in [4.78, 5) is 36.1. The van der Waals surface area contributed by atoms with E-state index in [1.807, 2.05) is 47.4 Å². The van der Waals surface area contributed by atoms with Gasteiger partial charge in [-0.25, -0.2) is 13.4 Å². The van der Waals surface area contributed by atoms with E-state index < -0.39 is 39.0 Å². The Hall–Kier alpha value is -4.00. The zero-order valence-electron chi connectivity index (χ0n) is 34.4. The largest absolute Gasteiger partial charge is 0.496 e. The highest BCUT2D eigenvalue weighted by Gasteiger charge is 2.62. The normalized spacial score (nSPS) is 28.3. The number of fused-ring (bicyclic) bond motifs is 3. The van der Waals surface area contributed by atoms with Gasteiger partial charge in [0.2, 0.25) is 15.9 Å². The van der Waals surface area contributed by atoms with Crippen molar-refractivity contribution >= 4 is 32.7 Å². The average Bonchev–Trinajstić information content (AvgIpc) is 4.15. The van der Waals surface area contributed by atoms with Crippen LogP contribution in [0.2, 0.25) is 0 Å². The highest BCUT2D eigenvalue weighted by atomic mass is 32.2. The molecule has 58 heavy (non-hydrogen) atoms. The van der Waals surface area contributed by atoms with E-state index in [4.69, 9.17) is 14.5 Å². The minimum absolute atomic E-state index is 0.00410. The number of aryl methyl sites for hydroxylation is 1. The van der Waals surface area contributed by atoms with E-state index in [1.54, 1.807) is 13.2 Å². The van der Waals surface area contributed by atoms with Gasteiger partial charge in [-0.1, -0.05) is 69.5 Å². The van der Waals surface area contributed by atoms with Crippen LogP contribution in [0.25, 0.3) is 22.2 Å². The van der Waals surface area contributed by atoms with Gasteiger partial charge < -0.3 is 19.7 Å². The van der Waals surface area contributed by atoms with E-state index in [0.717, 1.165) is 97.8 Å². The molecule has 1 aromatic heterocycles. The minimum atomic E-state index is -3.79. The van der Waals surface area contributed by atoms with Gasteiger partial charge in [-0.3, -0.25) is 19.6 Å². The summed E-state index contributed by atoms with van der Waals surface area (Å²) in [7, 11) is -2.08. The number of rotatable bonds is 9. The van der Waals surface area contributed by atoms with Gasteiger partial charge in [-0.2, -0.15) is 0 Å². The predicted molar refractivity (Wildman–Crippen MR) is 227 cm³/mol. The van der Waals surface area contributed by atoms with Gasteiger partial charge in [0, 0.05) is 35.4 Å². The molecule has 5 atom stereocenters. The lowest BCUT2D eigenvalue weighted by molar-refractivity contribution is -0.138. The third kappa shape index (κ3) is 8.66. The number of hydrogen-bond acceptors (Lipinski definition) is 9. The van der Waals surface area contributed by atoms with Crippen molar-refractivity contribution in [1.29, 1.82) is 0 Å². The molecule has 3 aliphatic carbocycles. The molecule has 312 valence electrons. The third-order valence-electron chi connectivity index (χ3n) is 13.5. The monoisotopic (exact) mass is 811 g/mol. The number of nitrogens with zero attached hydrogens (tertiary/aromatic N) is 2. The summed E-state index contributed by atoms with van der Waals surface area (Å²) in [6.45, 7) is 9.70. The van der Waals surface area contributed by atoms with Gasteiger partial charge in [0.25, 0.3) is 5.91 Å². The van der Waals surface area contributed by atoms with E-state index in [0.29, 0.717) is 38.0 Å². The lowest BCUT2D eigenvalue weighted by Crippen LogP contribution is -2.60. The number of carbonyl (C=O) groups is 2. The number of benzene rings is 2. The van der Waals surface area contributed by atoms with E-state index >= 15 is 4.79 Å². The Labute approximate surface area is 344 Å². The van der Waals surface area contributed by atoms with Gasteiger partial charge in [-0.15, -0.1) is 6.58 Å².